The number of nitrogens with one attached hydrogen (secondary N) is 1. The van der Waals surface area contributed by atoms with Gasteiger partial charge in [-0.2, -0.15) is 0 Å². The predicted octanol–water partition coefficient (Wildman–Crippen LogP) is 0.940. The highest BCUT2D eigenvalue weighted by Crippen LogP contribution is 2.18. The smallest absolute Gasteiger partial charge is 0.144 e. The molecule has 1 aliphatic rings. The zero-order chi connectivity index (χ0) is 9.26. The SMILES string of the molecule is Cc1ccc2n1CCNC2=CC=O. The molecule has 0 atom stereocenters. The van der Waals surface area contributed by atoms with Crippen LogP contribution < -0.4 is 5.32 Å². The predicted molar refractivity (Wildman–Crippen MR) is 51.2 cm³/mol. The molecule has 0 fully saturated rings. The minimum absolute atomic E-state index is 0.820. The number of hydrogen-bond donors (Lipinski definition) is 1. The number of hydrogen-bond acceptors (Lipinski definition) is 2. The molecular formula is C10H12N2O. The van der Waals surface area contributed by atoms with Gasteiger partial charge < -0.3 is 9.88 Å². The highest BCUT2D eigenvalue weighted by Gasteiger charge is 2.13. The van der Waals surface area contributed by atoms with Crippen LogP contribution in [0.25, 0.3) is 5.70 Å². The summed E-state index contributed by atoms with van der Waals surface area (Å²) in [6.45, 7) is 3.94. The second kappa shape index (κ2) is 3.09. The second-order valence-corrected chi connectivity index (χ2v) is 3.15. The largest absolute Gasteiger partial charge is 0.381 e. The number of nitrogens with zero attached hydrogens (tertiary/aromatic N) is 1. The first kappa shape index (κ1) is 8.10. The molecule has 68 valence electrons. The van der Waals surface area contributed by atoms with E-state index in [0.717, 1.165) is 30.8 Å². The number of fused-ring (bicyclic) bond motifs is 1. The minimum Gasteiger partial charge on any atom is -0.381 e. The van der Waals surface area contributed by atoms with Crippen LogP contribution in [0.5, 0.6) is 0 Å². The van der Waals surface area contributed by atoms with Gasteiger partial charge in [0.25, 0.3) is 0 Å². The van der Waals surface area contributed by atoms with E-state index in [1.165, 1.54) is 5.69 Å². The zero-order valence-electron chi connectivity index (χ0n) is 7.58. The van der Waals surface area contributed by atoms with Gasteiger partial charge in [0, 0.05) is 24.9 Å². The van der Waals surface area contributed by atoms with E-state index >= 15 is 0 Å². The minimum atomic E-state index is 0.820. The molecule has 1 N–H and O–H groups in total. The summed E-state index contributed by atoms with van der Waals surface area (Å²) in [6, 6.07) is 4.11. The fraction of sp³-hybridized carbons (Fsp3) is 0.300. The molecule has 0 unspecified atom stereocenters. The first-order valence-corrected chi connectivity index (χ1v) is 4.39. The normalized spacial score (nSPS) is 18.1. The number of aryl methyl sites for hydroxylation is 1. The van der Waals surface area contributed by atoms with Crippen LogP contribution in [0.4, 0.5) is 0 Å². The molecule has 0 amide bonds. The number of carbonyl (C=O) groups is 1. The summed E-state index contributed by atoms with van der Waals surface area (Å²) in [5, 5.41) is 3.20. The molecule has 0 aliphatic carbocycles. The lowest BCUT2D eigenvalue weighted by molar-refractivity contribution is -0.104. The Hall–Kier alpha value is -1.51. The van der Waals surface area contributed by atoms with Crippen LogP contribution in [-0.2, 0) is 11.3 Å². The molecule has 2 rings (SSSR count). The Morgan fingerprint density at radius 1 is 1.54 bits per heavy atom. The van der Waals surface area contributed by atoms with Crippen LogP contribution in [0.2, 0.25) is 0 Å². The van der Waals surface area contributed by atoms with Gasteiger partial charge in [-0.1, -0.05) is 0 Å². The van der Waals surface area contributed by atoms with E-state index in [-0.39, 0.29) is 0 Å². The Balaban J connectivity index is 2.49. The molecule has 0 saturated carbocycles. The van der Waals surface area contributed by atoms with Crippen molar-refractivity contribution in [2.24, 2.45) is 0 Å². The Morgan fingerprint density at radius 3 is 3.15 bits per heavy atom. The van der Waals surface area contributed by atoms with Gasteiger partial charge in [-0.15, -0.1) is 0 Å². The van der Waals surface area contributed by atoms with Gasteiger partial charge >= 0.3 is 0 Å². The molecule has 3 heteroatoms. The second-order valence-electron chi connectivity index (χ2n) is 3.15. The molecule has 0 saturated heterocycles. The molecule has 1 aromatic rings. The van der Waals surface area contributed by atoms with Crippen molar-refractivity contribution >= 4 is 12.0 Å². The quantitative estimate of drug-likeness (QED) is 0.510. The maximum absolute atomic E-state index is 10.4. The topological polar surface area (TPSA) is 34.0 Å². The van der Waals surface area contributed by atoms with E-state index in [2.05, 4.69) is 22.9 Å². The molecular weight excluding hydrogens is 164 g/mol. The average molecular weight is 176 g/mol. The van der Waals surface area contributed by atoms with Gasteiger partial charge in [0.15, 0.2) is 0 Å². The lowest BCUT2D eigenvalue weighted by atomic mass is 10.2. The maximum atomic E-state index is 10.4. The Labute approximate surface area is 77.1 Å². The van der Waals surface area contributed by atoms with Crippen LogP contribution in [0.3, 0.4) is 0 Å². The van der Waals surface area contributed by atoms with Crippen LogP contribution in [0.15, 0.2) is 18.2 Å². The van der Waals surface area contributed by atoms with E-state index in [4.69, 9.17) is 0 Å². The molecule has 3 nitrogen and oxygen atoms in total. The standard InChI is InChI=1S/C10H12N2O/c1-8-2-3-10-9(4-7-13)11-5-6-12(8)10/h2-4,7,11H,5-6H2,1H3. The highest BCUT2D eigenvalue weighted by atomic mass is 16.1. The zero-order valence-corrected chi connectivity index (χ0v) is 7.58. The van der Waals surface area contributed by atoms with Gasteiger partial charge in [0.05, 0.1) is 11.4 Å². The highest BCUT2D eigenvalue weighted by molar-refractivity contribution is 5.80. The van der Waals surface area contributed by atoms with Crippen LogP contribution in [-0.4, -0.2) is 17.4 Å². The summed E-state index contributed by atoms with van der Waals surface area (Å²) >= 11 is 0. The van der Waals surface area contributed by atoms with E-state index < -0.39 is 0 Å². The Morgan fingerprint density at radius 2 is 2.38 bits per heavy atom. The summed E-state index contributed by atoms with van der Waals surface area (Å²) in [4.78, 5) is 10.4. The fourth-order valence-electron chi connectivity index (χ4n) is 1.71. The molecule has 0 aromatic carbocycles. The summed E-state index contributed by atoms with van der Waals surface area (Å²) in [7, 11) is 0. The van der Waals surface area contributed by atoms with Crippen LogP contribution in [0.1, 0.15) is 11.4 Å². The lowest BCUT2D eigenvalue weighted by Crippen LogP contribution is -2.27. The van der Waals surface area contributed by atoms with Crippen LogP contribution in [0, 0.1) is 6.92 Å². The van der Waals surface area contributed by atoms with Crippen molar-refractivity contribution in [2.75, 3.05) is 6.54 Å². The van der Waals surface area contributed by atoms with E-state index in [0.29, 0.717) is 0 Å². The maximum Gasteiger partial charge on any atom is 0.144 e. The monoisotopic (exact) mass is 176 g/mol. The fourth-order valence-corrected chi connectivity index (χ4v) is 1.71. The van der Waals surface area contributed by atoms with Gasteiger partial charge in [-0.05, 0) is 19.1 Å². The third kappa shape index (κ3) is 1.26. The summed E-state index contributed by atoms with van der Waals surface area (Å²) in [5.74, 6) is 0. The third-order valence-corrected chi connectivity index (χ3v) is 2.36. The van der Waals surface area contributed by atoms with Gasteiger partial charge in [-0.3, -0.25) is 4.79 Å². The first-order chi connectivity index (χ1) is 6.33. The van der Waals surface area contributed by atoms with Gasteiger partial charge in [0.1, 0.15) is 6.29 Å². The Bertz CT molecular complexity index is 363. The van der Waals surface area contributed by atoms with Crippen molar-refractivity contribution in [3.63, 3.8) is 0 Å². The third-order valence-electron chi connectivity index (χ3n) is 2.36. The van der Waals surface area contributed by atoms with Gasteiger partial charge in [-0.25, -0.2) is 0 Å². The van der Waals surface area contributed by atoms with Crippen molar-refractivity contribution in [3.05, 3.63) is 29.6 Å². The number of aromatic nitrogens is 1. The first-order valence-electron chi connectivity index (χ1n) is 4.39. The van der Waals surface area contributed by atoms with Gasteiger partial charge in [0.2, 0.25) is 0 Å². The number of allylic oxidation sites excluding steroid dienone is 1. The molecule has 0 spiro atoms. The van der Waals surface area contributed by atoms with E-state index in [1.807, 2.05) is 6.07 Å². The summed E-state index contributed by atoms with van der Waals surface area (Å²) < 4.78 is 2.21. The molecule has 2 heterocycles. The number of aldehydes is 1. The van der Waals surface area contributed by atoms with Crippen molar-refractivity contribution in [1.82, 2.24) is 9.88 Å². The number of carbonyl (C=O) groups excluding carboxylic acids is 1. The molecule has 1 aromatic heterocycles. The van der Waals surface area contributed by atoms with Crippen molar-refractivity contribution in [2.45, 2.75) is 13.5 Å². The van der Waals surface area contributed by atoms with Crippen molar-refractivity contribution in [1.29, 1.82) is 0 Å². The van der Waals surface area contributed by atoms with E-state index in [1.54, 1.807) is 6.08 Å². The summed E-state index contributed by atoms with van der Waals surface area (Å²) in [5.41, 5.74) is 3.28. The lowest BCUT2D eigenvalue weighted by Gasteiger charge is -2.21. The Kier molecular flexibility index (Phi) is 1.93. The average Bonchev–Trinajstić information content (AvgIpc) is 2.50. The molecule has 0 bridgehead atoms. The number of rotatable bonds is 1. The molecule has 0 radical (unpaired) electrons. The molecule has 1 aliphatic heterocycles. The molecule has 13 heavy (non-hydrogen) atoms. The van der Waals surface area contributed by atoms with Crippen molar-refractivity contribution in [3.8, 4) is 0 Å². The van der Waals surface area contributed by atoms with Crippen LogP contribution >= 0.6 is 0 Å². The summed E-state index contributed by atoms with van der Waals surface area (Å²) in [6.07, 6.45) is 2.39. The van der Waals surface area contributed by atoms with Crippen molar-refractivity contribution < 1.29 is 4.79 Å². The van der Waals surface area contributed by atoms with E-state index in [9.17, 15) is 4.79 Å².